The van der Waals surface area contributed by atoms with Crippen molar-refractivity contribution in [1.29, 1.82) is 0 Å². The van der Waals surface area contributed by atoms with Crippen LogP contribution in [0.25, 0.3) is 0 Å². The summed E-state index contributed by atoms with van der Waals surface area (Å²) < 4.78 is 183. The molecule has 117 heavy (non-hydrogen) atoms. The highest BCUT2D eigenvalue weighted by atomic mass is 32.2. The lowest BCUT2D eigenvalue weighted by Crippen LogP contribution is -2.50. The molecule has 0 N–H and O–H groups in total. The summed E-state index contributed by atoms with van der Waals surface area (Å²) in [5, 5.41) is 0. The molecule has 9 saturated carbocycles. The Bertz CT molecular complexity index is 4460. The van der Waals surface area contributed by atoms with Gasteiger partial charge in [0.2, 0.25) is 0 Å². The van der Waals surface area contributed by atoms with E-state index in [2.05, 4.69) is 267 Å². The Morgan fingerprint density at radius 3 is 0.932 bits per heavy atom. The summed E-state index contributed by atoms with van der Waals surface area (Å²) in [5.74, 6) is -7.24. The van der Waals surface area contributed by atoms with E-state index < -0.39 is 72.7 Å². The highest BCUT2D eigenvalue weighted by molar-refractivity contribution is 7.97. The van der Waals surface area contributed by atoms with Gasteiger partial charge < -0.3 is 18.4 Å². The molecular weight excluding hydrogens is 1620 g/mol. The van der Waals surface area contributed by atoms with Crippen LogP contribution in [0.5, 0.6) is 0 Å². The molecule has 24 heteroatoms. The van der Waals surface area contributed by atoms with Crippen LogP contribution in [-0.2, 0) is 72.6 Å². The van der Waals surface area contributed by atoms with Crippen molar-refractivity contribution in [2.45, 2.75) is 209 Å². The van der Waals surface area contributed by atoms with Gasteiger partial charge in [-0.1, -0.05) is 177 Å². The molecule has 9 aromatic rings. The lowest BCUT2D eigenvalue weighted by atomic mass is 9.49. The summed E-state index contributed by atoms with van der Waals surface area (Å²) in [6, 6.07) is 95.6. The predicted molar refractivity (Wildman–Crippen MR) is 445 cm³/mol. The van der Waals surface area contributed by atoms with Gasteiger partial charge in [0.05, 0.1) is 54.8 Å². The SMILES string of the molecule is O=C(OCCCCC(F)(F)CS(=O)(=O)[O-])C12CC3CC(CC(C3)C1)C2.O=S(=O)([O-])CC(F)(F)CC(F)(F)F.O=S(=O)([O-])CCC12CC3CC(CC(C3)C1)C2.c1ccc([S+](c2ccccc2)c2ccc(C3CCCCC3)cc2)cc1.c1ccc([S+](c2ccccc2)c2ccccc2)cc1.c1ccc([S+](c2ccccc2)c2ccccc2)cc1. The zero-order valence-corrected chi connectivity index (χ0v) is 70.3. The van der Waals surface area contributed by atoms with Crippen molar-refractivity contribution in [3.63, 3.8) is 0 Å². The largest absolute Gasteiger partial charge is 0.748 e. The molecule has 9 aliphatic rings. The minimum absolute atomic E-state index is 0.0106. The van der Waals surface area contributed by atoms with E-state index in [1.54, 1.807) is 0 Å². The van der Waals surface area contributed by atoms with Gasteiger partial charge in [-0.15, -0.1) is 0 Å². The summed E-state index contributed by atoms with van der Waals surface area (Å²) in [6.07, 6.45) is 13.4. The molecule has 8 bridgehead atoms. The Labute approximate surface area is 695 Å². The molecule has 0 unspecified atom stereocenters. The third-order valence-electron chi connectivity index (χ3n) is 22.9. The molecule has 0 radical (unpaired) electrons. The molecule has 18 rings (SSSR count). The molecule has 0 aromatic heterocycles. The average molecular weight is 1720 g/mol. The zero-order valence-electron chi connectivity index (χ0n) is 65.4. The van der Waals surface area contributed by atoms with Crippen molar-refractivity contribution in [1.82, 2.24) is 0 Å². The van der Waals surface area contributed by atoms with E-state index >= 15 is 0 Å². The second kappa shape index (κ2) is 41.3. The number of esters is 1. The minimum Gasteiger partial charge on any atom is -0.748 e. The third kappa shape index (κ3) is 28.4. The molecule has 0 aliphatic heterocycles. The van der Waals surface area contributed by atoms with Gasteiger partial charge in [-0.05, 0) is 271 Å². The van der Waals surface area contributed by atoms with Crippen LogP contribution >= 0.6 is 0 Å². The number of hydrogen-bond acceptors (Lipinski definition) is 11. The molecule has 0 amide bonds. The number of unbranched alkanes of at least 4 members (excludes halogenated alkanes) is 1. The van der Waals surface area contributed by atoms with E-state index in [-0.39, 0.29) is 74.7 Å². The van der Waals surface area contributed by atoms with Crippen LogP contribution in [0.2, 0.25) is 0 Å². The van der Waals surface area contributed by atoms with Crippen LogP contribution in [0.4, 0.5) is 30.7 Å². The second-order valence-electron chi connectivity index (χ2n) is 32.5. The first kappa shape index (κ1) is 90.5. The molecular formula is C93H103F7O11S6. The molecule has 626 valence electrons. The Morgan fingerprint density at radius 2 is 0.650 bits per heavy atom. The molecule has 0 spiro atoms. The summed E-state index contributed by atoms with van der Waals surface area (Å²) in [4.78, 5) is 24.9. The molecule has 0 heterocycles. The van der Waals surface area contributed by atoms with E-state index in [4.69, 9.17) is 4.74 Å². The van der Waals surface area contributed by atoms with Crippen molar-refractivity contribution in [2.75, 3.05) is 23.9 Å². The van der Waals surface area contributed by atoms with E-state index in [1.807, 2.05) is 0 Å². The summed E-state index contributed by atoms with van der Waals surface area (Å²) in [5.41, 5.74) is 1.41. The van der Waals surface area contributed by atoms with E-state index in [0.29, 0.717) is 24.2 Å². The predicted octanol–water partition coefficient (Wildman–Crippen LogP) is 22.7. The van der Waals surface area contributed by atoms with Crippen molar-refractivity contribution in [3.05, 3.63) is 272 Å². The fraction of sp³-hybridized carbons (Fsp3) is 0.409. The fourth-order valence-electron chi connectivity index (χ4n) is 19.0. The van der Waals surface area contributed by atoms with Crippen LogP contribution in [0.15, 0.2) is 311 Å². The van der Waals surface area contributed by atoms with E-state index in [1.165, 1.54) is 140 Å². The summed E-state index contributed by atoms with van der Waals surface area (Å²) >= 11 is 0. The van der Waals surface area contributed by atoms with E-state index in [0.717, 1.165) is 42.9 Å². The van der Waals surface area contributed by atoms with Gasteiger partial charge in [-0.2, -0.15) is 13.2 Å². The van der Waals surface area contributed by atoms with Crippen molar-refractivity contribution >= 4 is 69.0 Å². The Balaban J connectivity index is 0.000000140. The average Bonchev–Trinajstić information content (AvgIpc) is 0.745. The normalized spacial score (nSPS) is 22.0. The van der Waals surface area contributed by atoms with Gasteiger partial charge >= 0.3 is 12.1 Å². The van der Waals surface area contributed by atoms with Crippen LogP contribution in [0.3, 0.4) is 0 Å². The highest BCUT2D eigenvalue weighted by Crippen LogP contribution is 2.62. The number of ether oxygens (including phenoxy) is 1. The Kier molecular flexibility index (Phi) is 32.0. The monoisotopic (exact) mass is 1720 g/mol. The summed E-state index contributed by atoms with van der Waals surface area (Å²) in [6.45, 7) is 0.0702. The number of alkyl halides is 7. The van der Waals surface area contributed by atoms with Crippen molar-refractivity contribution < 1.29 is 79.2 Å². The second-order valence-corrected chi connectivity index (χ2v) is 42.9. The lowest BCUT2D eigenvalue weighted by molar-refractivity contribution is -0.181. The number of carbonyl (C=O) groups is 1. The van der Waals surface area contributed by atoms with Gasteiger partial charge in [0.15, 0.2) is 44.1 Å². The molecule has 11 nitrogen and oxygen atoms in total. The van der Waals surface area contributed by atoms with Crippen LogP contribution in [0.1, 0.15) is 153 Å². The first-order valence-electron chi connectivity index (χ1n) is 40.3. The number of benzene rings is 9. The standard InChI is InChI=1S/C24H25S.2C18H15S.C17H26F2O5S.C12H20O3S.C4H5F5O3S/c1-4-10-20(11-5-1)21-16-18-24(19-17-21)25(22-12-6-2-7-13-22)23-14-8-3-9-15-23;2*1-4-10-16(11-5-1)19(17-12-6-2-7-13-17)18-14-8-3-9-15-18;18-17(19,11-25(21,22)23)3-1-2-4-24-15(20)16-8-12-5-13(9-16)7-14(6-12)10-16;13-16(14,15)2-1-12-6-9-3-10(7-12)5-11(4-9)8-12;5-3(6,1-4(7,8)9)2-13(10,11)12/h2-3,6-9,12-20H,1,4-5,10-11H2;2*1-15H;12-14H,1-11H2,(H,21,22,23);9-11H,1-8H2,(H,13,14,15);1-2H2,(H,10,11,12)/q3*+1;;;/p-3. The number of carbonyl (C=O) groups excluding carboxylic acids is 1. The topological polar surface area (TPSA) is 198 Å². The highest BCUT2D eigenvalue weighted by Gasteiger charge is 2.56. The maximum Gasteiger partial charge on any atom is 0.394 e. The smallest absolute Gasteiger partial charge is 0.394 e. The zero-order chi connectivity index (χ0) is 83.3. The van der Waals surface area contributed by atoms with Crippen LogP contribution in [0, 0.1) is 46.3 Å². The third-order valence-corrected chi connectivity index (χ3v) is 31.9. The van der Waals surface area contributed by atoms with Crippen LogP contribution in [-0.4, -0.2) is 86.8 Å². The Hall–Kier alpha value is -7.26. The molecule has 0 atom stereocenters. The molecule has 0 saturated heterocycles. The quantitative estimate of drug-likeness (QED) is 0.0183. The molecule has 9 fully saturated rings. The van der Waals surface area contributed by atoms with Gasteiger partial charge in [0.1, 0.15) is 38.2 Å². The van der Waals surface area contributed by atoms with Gasteiger partial charge in [-0.3, -0.25) is 4.79 Å². The first-order chi connectivity index (χ1) is 55.7. The van der Waals surface area contributed by atoms with Gasteiger partial charge in [0.25, 0.3) is 11.8 Å². The first-order valence-corrected chi connectivity index (χ1v) is 48.7. The van der Waals surface area contributed by atoms with Gasteiger partial charge in [-0.25, -0.2) is 42.8 Å². The van der Waals surface area contributed by atoms with Crippen molar-refractivity contribution in [3.8, 4) is 0 Å². The number of rotatable bonds is 24. The number of halogens is 7. The van der Waals surface area contributed by atoms with Crippen LogP contribution < -0.4 is 0 Å². The molecule has 9 aromatic carbocycles. The van der Waals surface area contributed by atoms with Crippen molar-refractivity contribution in [2.24, 2.45) is 46.3 Å². The summed E-state index contributed by atoms with van der Waals surface area (Å²) in [7, 11) is -14.4. The Morgan fingerprint density at radius 1 is 0.368 bits per heavy atom. The van der Waals surface area contributed by atoms with E-state index in [9.17, 15) is 74.4 Å². The fourth-order valence-corrected chi connectivity index (χ4v) is 27.3. The minimum atomic E-state index is -5.35. The lowest BCUT2D eigenvalue weighted by Gasteiger charge is -2.57. The maximum absolute atomic E-state index is 13.3. The maximum atomic E-state index is 13.3. The van der Waals surface area contributed by atoms with Gasteiger partial charge in [0, 0.05) is 12.2 Å². The number of hydrogen-bond donors (Lipinski definition) is 0. The molecule has 9 aliphatic carbocycles.